The van der Waals surface area contributed by atoms with Crippen LogP contribution in [0.2, 0.25) is 0 Å². The van der Waals surface area contributed by atoms with Gasteiger partial charge in [0.25, 0.3) is 0 Å². The number of benzene rings is 3. The van der Waals surface area contributed by atoms with Gasteiger partial charge in [-0.1, -0.05) is 67.5 Å². The molecule has 0 saturated heterocycles. The average molecular weight is 633 g/mol. The quantitative estimate of drug-likeness (QED) is 0.261. The highest BCUT2D eigenvalue weighted by molar-refractivity contribution is 5.90. The first-order chi connectivity index (χ1) is 22.1. The van der Waals surface area contributed by atoms with Gasteiger partial charge in [-0.15, -0.1) is 0 Å². The van der Waals surface area contributed by atoms with Crippen molar-refractivity contribution in [3.63, 3.8) is 0 Å². The van der Waals surface area contributed by atoms with E-state index in [9.17, 15) is 5.11 Å². The second-order valence-electron chi connectivity index (χ2n) is 17.7. The molecule has 0 aliphatic carbocycles. The monoisotopic (exact) mass is 632 g/mol. The summed E-state index contributed by atoms with van der Waals surface area (Å²) in [5.41, 5.74) is 12.2. The molecule has 3 aromatic carbocycles. The van der Waals surface area contributed by atoms with Gasteiger partial charge >= 0.3 is 0 Å². The third-order valence-electron chi connectivity index (χ3n) is 12.8. The number of aliphatic hydroxyl groups is 1. The van der Waals surface area contributed by atoms with E-state index < -0.39 is 0 Å². The number of fused-ring (bicyclic) bond motifs is 4. The molecule has 0 aromatic heterocycles. The minimum Gasteiger partial charge on any atom is -0.455 e. The zero-order valence-corrected chi connectivity index (χ0v) is 30.2. The van der Waals surface area contributed by atoms with Crippen LogP contribution in [0.25, 0.3) is 5.57 Å². The summed E-state index contributed by atoms with van der Waals surface area (Å²) in [5.74, 6) is 2.17. The third kappa shape index (κ3) is 4.47. The van der Waals surface area contributed by atoms with Gasteiger partial charge in [-0.2, -0.15) is 0 Å². The van der Waals surface area contributed by atoms with Crippen LogP contribution in [0.15, 0.2) is 36.4 Å². The Kier molecular flexibility index (Phi) is 6.66. The van der Waals surface area contributed by atoms with Crippen LogP contribution < -0.4 is 29.7 Å². The summed E-state index contributed by atoms with van der Waals surface area (Å²) in [5, 5.41) is 12.3. The Morgan fingerprint density at radius 2 is 1.38 bits per heavy atom. The normalized spacial score (nSPS) is 22.0. The molecule has 5 heterocycles. The van der Waals surface area contributed by atoms with E-state index in [0.717, 1.165) is 69.0 Å². The van der Waals surface area contributed by atoms with Crippen molar-refractivity contribution in [3.05, 3.63) is 80.4 Å². The molecular formula is C42H54N3O2+. The predicted octanol–water partition coefficient (Wildman–Crippen LogP) is 6.49. The SMILES string of the molecule is CN(CCO)c1ccc(C2=c3cc4c5c(c3Oc3c2cc2c6c3C(C)(C)CCN6CCC2(C)C)C(C)(C)CC[N+]=5CCC4(C)C)cc1. The van der Waals surface area contributed by atoms with E-state index in [1.54, 1.807) is 0 Å². The molecule has 0 fully saturated rings. The van der Waals surface area contributed by atoms with Crippen LogP contribution in [0.4, 0.5) is 11.4 Å². The lowest BCUT2D eigenvalue weighted by atomic mass is 9.67. The summed E-state index contributed by atoms with van der Waals surface area (Å²) in [6.07, 6.45) is 4.57. The van der Waals surface area contributed by atoms with Crippen LogP contribution in [0.5, 0.6) is 11.5 Å². The Balaban J connectivity index is 1.54. The molecule has 5 nitrogen and oxygen atoms in total. The van der Waals surface area contributed by atoms with E-state index in [0.29, 0.717) is 6.54 Å². The highest BCUT2D eigenvalue weighted by Gasteiger charge is 2.47. The number of likely N-dealkylation sites (N-methyl/N-ethyl adjacent to an activating group) is 1. The van der Waals surface area contributed by atoms with Crippen molar-refractivity contribution in [2.75, 3.05) is 56.2 Å². The minimum atomic E-state index is -0.00614. The highest BCUT2D eigenvalue weighted by atomic mass is 16.5. The maximum Gasteiger partial charge on any atom is 0.211 e. The molecule has 248 valence electrons. The molecule has 0 amide bonds. The maximum atomic E-state index is 9.62. The third-order valence-corrected chi connectivity index (χ3v) is 12.8. The number of rotatable bonds is 4. The Morgan fingerprint density at radius 1 is 0.766 bits per heavy atom. The van der Waals surface area contributed by atoms with Crippen LogP contribution in [-0.4, -0.2) is 51.5 Å². The number of hydrogen-bond acceptors (Lipinski definition) is 4. The Labute approximate surface area is 281 Å². The van der Waals surface area contributed by atoms with E-state index in [2.05, 4.69) is 113 Å². The van der Waals surface area contributed by atoms with E-state index in [1.165, 1.54) is 55.2 Å². The Hall–Kier alpha value is -3.31. The summed E-state index contributed by atoms with van der Waals surface area (Å²) >= 11 is 0. The topological polar surface area (TPSA) is 39.0 Å². The number of anilines is 2. The van der Waals surface area contributed by atoms with Crippen LogP contribution in [0.3, 0.4) is 0 Å². The van der Waals surface area contributed by atoms with Gasteiger partial charge in [0.2, 0.25) is 5.36 Å². The summed E-state index contributed by atoms with van der Waals surface area (Å²) in [6.45, 7) is 24.7. The summed E-state index contributed by atoms with van der Waals surface area (Å²) in [4.78, 5) is 4.79. The van der Waals surface area contributed by atoms with Crippen molar-refractivity contribution in [2.24, 2.45) is 0 Å². The second-order valence-corrected chi connectivity index (χ2v) is 17.7. The standard InChI is InChI=1S/C42H54N3O2/c1-39(2)14-18-44-20-16-41(5,6)33-35(44)30(39)24-28-32(26-10-12-27(13-11-26)43(9)22-23-46)29-25-31-36-34(38(29)47-37(28)33)42(7,8)17-21-45(36)19-15-40(31,3)4/h10-13,24-25,46H,14-23H2,1-9H3/q+1. The molecule has 47 heavy (non-hydrogen) atoms. The van der Waals surface area contributed by atoms with E-state index in [-0.39, 0.29) is 28.3 Å². The fourth-order valence-electron chi connectivity index (χ4n) is 9.41. The molecule has 0 bridgehead atoms. The van der Waals surface area contributed by atoms with Gasteiger partial charge in [-0.25, -0.2) is 4.58 Å². The van der Waals surface area contributed by atoms with E-state index in [4.69, 9.17) is 4.74 Å². The lowest BCUT2D eigenvalue weighted by Crippen LogP contribution is -2.54. The molecular weight excluding hydrogens is 578 g/mol. The van der Waals surface area contributed by atoms with Crippen LogP contribution in [0.1, 0.15) is 114 Å². The minimum absolute atomic E-state index is 0.00614. The second kappa shape index (κ2) is 10.1. The van der Waals surface area contributed by atoms with Gasteiger partial charge in [-0.3, -0.25) is 0 Å². The fourth-order valence-corrected chi connectivity index (χ4v) is 9.41. The smallest absolute Gasteiger partial charge is 0.211 e. The van der Waals surface area contributed by atoms with Gasteiger partial charge in [0.05, 0.1) is 12.2 Å². The van der Waals surface area contributed by atoms with Crippen LogP contribution >= 0.6 is 0 Å². The van der Waals surface area contributed by atoms with Gasteiger partial charge in [-0.05, 0) is 59.1 Å². The van der Waals surface area contributed by atoms with Gasteiger partial charge in [0.15, 0.2) is 0 Å². The van der Waals surface area contributed by atoms with Gasteiger partial charge < -0.3 is 19.6 Å². The molecule has 0 radical (unpaired) electrons. The average Bonchev–Trinajstić information content (AvgIpc) is 3.01. The summed E-state index contributed by atoms with van der Waals surface area (Å²) in [6, 6.07) is 14.1. The number of ether oxygens (including phenoxy) is 1. The first-order valence-corrected chi connectivity index (χ1v) is 18.1. The van der Waals surface area contributed by atoms with Crippen molar-refractivity contribution < 1.29 is 9.84 Å². The van der Waals surface area contributed by atoms with Crippen molar-refractivity contribution in [2.45, 2.75) is 103 Å². The van der Waals surface area contributed by atoms with E-state index in [1.807, 2.05) is 0 Å². The molecule has 0 unspecified atom stereocenters. The first-order valence-electron chi connectivity index (χ1n) is 18.1. The zero-order valence-electron chi connectivity index (χ0n) is 30.2. The molecule has 0 saturated carbocycles. The van der Waals surface area contributed by atoms with Crippen molar-refractivity contribution in [3.8, 4) is 11.5 Å². The molecule has 8 rings (SSSR count). The molecule has 5 heteroatoms. The van der Waals surface area contributed by atoms with Crippen LogP contribution in [0, 0.1) is 0 Å². The highest BCUT2D eigenvalue weighted by Crippen LogP contribution is 2.57. The van der Waals surface area contributed by atoms with Gasteiger partial charge in [0.1, 0.15) is 24.6 Å². The molecule has 0 spiro atoms. The Bertz CT molecular complexity index is 1940. The molecule has 3 aromatic rings. The zero-order chi connectivity index (χ0) is 33.3. The Morgan fingerprint density at radius 3 is 2.06 bits per heavy atom. The van der Waals surface area contributed by atoms with Crippen molar-refractivity contribution in [1.29, 1.82) is 0 Å². The summed E-state index contributed by atoms with van der Waals surface area (Å²) in [7, 11) is 2.05. The lowest BCUT2D eigenvalue weighted by molar-refractivity contribution is 0.304. The number of nitrogens with zero attached hydrogens (tertiary/aromatic N) is 3. The molecule has 5 aliphatic heterocycles. The van der Waals surface area contributed by atoms with Gasteiger partial charge in [0, 0.05) is 89.2 Å². The van der Waals surface area contributed by atoms with Crippen molar-refractivity contribution >= 4 is 16.9 Å². The number of aliphatic hydroxyl groups excluding tert-OH is 1. The molecule has 1 N–H and O–H groups in total. The van der Waals surface area contributed by atoms with Crippen LogP contribution in [-0.2, 0) is 21.7 Å². The number of hydrogen-bond donors (Lipinski definition) is 1. The fraction of sp³-hybridized carbons (Fsp3) is 0.548. The summed E-state index contributed by atoms with van der Waals surface area (Å²) < 4.78 is 10.2. The maximum absolute atomic E-state index is 9.62. The molecule has 5 aliphatic rings. The van der Waals surface area contributed by atoms with E-state index >= 15 is 0 Å². The largest absolute Gasteiger partial charge is 0.455 e. The molecule has 0 atom stereocenters. The predicted molar refractivity (Wildman–Crippen MR) is 194 cm³/mol. The first kappa shape index (κ1) is 31.0. The lowest BCUT2D eigenvalue weighted by Gasteiger charge is -2.49. The van der Waals surface area contributed by atoms with Crippen molar-refractivity contribution in [1.82, 2.24) is 4.58 Å².